The first-order chi connectivity index (χ1) is 13.3. The second-order valence-corrected chi connectivity index (χ2v) is 8.55. The first kappa shape index (κ1) is 20.9. The molecule has 152 valence electrons. The van der Waals surface area contributed by atoms with E-state index in [0.717, 1.165) is 19.3 Å². The third kappa shape index (κ3) is 4.44. The quantitative estimate of drug-likeness (QED) is 0.807. The lowest BCUT2D eigenvalue weighted by molar-refractivity contribution is -0.142. The van der Waals surface area contributed by atoms with Gasteiger partial charge >= 0.3 is 0 Å². The number of carbonyl (C=O) groups is 3. The number of primary amides is 1. The molecule has 1 aromatic carbocycles. The highest BCUT2D eigenvalue weighted by atomic mass is 35.5. The monoisotopic (exact) mass is 425 g/mol. The van der Waals surface area contributed by atoms with Gasteiger partial charge in [-0.2, -0.15) is 0 Å². The summed E-state index contributed by atoms with van der Waals surface area (Å²) < 4.78 is 0. The van der Waals surface area contributed by atoms with Crippen molar-refractivity contribution < 1.29 is 14.4 Å². The minimum atomic E-state index is -0.357. The van der Waals surface area contributed by atoms with Crippen molar-refractivity contribution in [2.24, 2.45) is 17.6 Å². The highest BCUT2D eigenvalue weighted by Gasteiger charge is 2.37. The van der Waals surface area contributed by atoms with Crippen LogP contribution in [-0.2, 0) is 9.59 Å². The Morgan fingerprint density at radius 1 is 1.04 bits per heavy atom. The molecule has 0 aromatic heterocycles. The molecule has 0 bridgehead atoms. The number of hydrogen-bond donors (Lipinski definition) is 1. The molecule has 0 saturated carbocycles. The molecule has 6 nitrogen and oxygen atoms in total. The van der Waals surface area contributed by atoms with Gasteiger partial charge in [0.05, 0.1) is 21.9 Å². The summed E-state index contributed by atoms with van der Waals surface area (Å²) in [5.74, 6) is -1.07. The summed E-state index contributed by atoms with van der Waals surface area (Å²) in [6, 6.07) is 4.88. The van der Waals surface area contributed by atoms with Crippen LogP contribution >= 0.6 is 23.2 Å². The molecule has 3 amide bonds. The van der Waals surface area contributed by atoms with Gasteiger partial charge in [-0.1, -0.05) is 23.2 Å². The van der Waals surface area contributed by atoms with E-state index in [1.165, 1.54) is 0 Å². The van der Waals surface area contributed by atoms with Crippen LogP contribution in [0.4, 0.5) is 0 Å². The van der Waals surface area contributed by atoms with E-state index < -0.39 is 0 Å². The van der Waals surface area contributed by atoms with E-state index in [2.05, 4.69) is 0 Å². The number of halogens is 2. The lowest BCUT2D eigenvalue weighted by Gasteiger charge is -2.41. The van der Waals surface area contributed by atoms with Gasteiger partial charge in [-0.05, 0) is 50.8 Å². The molecule has 3 rings (SSSR count). The largest absolute Gasteiger partial charge is 0.369 e. The van der Waals surface area contributed by atoms with E-state index in [1.54, 1.807) is 28.0 Å². The molecule has 2 N–H and O–H groups in total. The molecule has 2 aliphatic rings. The number of hydrogen-bond acceptors (Lipinski definition) is 3. The Balaban J connectivity index is 1.69. The van der Waals surface area contributed by atoms with Gasteiger partial charge in [-0.3, -0.25) is 14.4 Å². The molecule has 2 heterocycles. The third-order valence-corrected chi connectivity index (χ3v) is 6.53. The first-order valence-electron chi connectivity index (χ1n) is 9.62. The average Bonchev–Trinajstić information content (AvgIpc) is 2.69. The fourth-order valence-corrected chi connectivity index (χ4v) is 4.35. The Bertz CT molecular complexity index is 786. The zero-order valence-corrected chi connectivity index (χ0v) is 17.4. The summed E-state index contributed by atoms with van der Waals surface area (Å²) in [6.07, 6.45) is 2.96. The van der Waals surface area contributed by atoms with Crippen LogP contribution in [0, 0.1) is 11.8 Å². The number of nitrogens with zero attached hydrogens (tertiary/aromatic N) is 2. The predicted molar refractivity (Wildman–Crippen MR) is 108 cm³/mol. The van der Waals surface area contributed by atoms with Gasteiger partial charge in [0.2, 0.25) is 11.8 Å². The van der Waals surface area contributed by atoms with Gasteiger partial charge in [0, 0.05) is 31.2 Å². The Morgan fingerprint density at radius 2 is 1.79 bits per heavy atom. The summed E-state index contributed by atoms with van der Waals surface area (Å²) >= 11 is 12.0. The number of benzene rings is 1. The summed E-state index contributed by atoms with van der Waals surface area (Å²) in [7, 11) is 0. The van der Waals surface area contributed by atoms with Gasteiger partial charge < -0.3 is 15.5 Å². The lowest BCUT2D eigenvalue weighted by atomic mass is 9.89. The molecule has 28 heavy (non-hydrogen) atoms. The van der Waals surface area contributed by atoms with E-state index in [-0.39, 0.29) is 35.6 Å². The second kappa shape index (κ2) is 8.70. The van der Waals surface area contributed by atoms with Crippen LogP contribution in [-0.4, -0.2) is 53.2 Å². The Hall–Kier alpha value is -1.79. The normalized spacial score (nSPS) is 25.5. The van der Waals surface area contributed by atoms with Gasteiger partial charge in [-0.15, -0.1) is 0 Å². The van der Waals surface area contributed by atoms with Crippen LogP contribution in [0.2, 0.25) is 10.0 Å². The van der Waals surface area contributed by atoms with E-state index >= 15 is 0 Å². The summed E-state index contributed by atoms with van der Waals surface area (Å²) in [6.45, 7) is 3.33. The van der Waals surface area contributed by atoms with Crippen LogP contribution < -0.4 is 5.73 Å². The second-order valence-electron chi connectivity index (χ2n) is 7.74. The zero-order chi connectivity index (χ0) is 20.4. The molecule has 2 saturated heterocycles. The lowest BCUT2D eigenvalue weighted by Crippen LogP contribution is -2.53. The molecule has 1 aromatic rings. The standard InChI is InChI=1S/C20H25Cl2N3O3/c1-12-4-5-14(18(23)26)11-25(12)20(28)15-3-2-8-24(10-15)19(27)13-6-7-16(21)17(22)9-13/h6-7,9,12,14-15H,2-5,8,10-11H2,1H3,(H2,23,26). The molecule has 0 spiro atoms. The van der Waals surface area contributed by atoms with Crippen LogP contribution in [0.5, 0.6) is 0 Å². The molecular weight excluding hydrogens is 401 g/mol. The van der Waals surface area contributed by atoms with Crippen molar-refractivity contribution in [1.29, 1.82) is 0 Å². The van der Waals surface area contributed by atoms with Gasteiger partial charge in [0.1, 0.15) is 0 Å². The minimum Gasteiger partial charge on any atom is -0.369 e. The molecule has 2 fully saturated rings. The van der Waals surface area contributed by atoms with Crippen LogP contribution in [0.25, 0.3) is 0 Å². The van der Waals surface area contributed by atoms with Crippen molar-refractivity contribution in [2.45, 2.75) is 38.6 Å². The highest BCUT2D eigenvalue weighted by Crippen LogP contribution is 2.28. The highest BCUT2D eigenvalue weighted by molar-refractivity contribution is 6.42. The topological polar surface area (TPSA) is 83.7 Å². The number of rotatable bonds is 3. The van der Waals surface area contributed by atoms with E-state index in [4.69, 9.17) is 28.9 Å². The summed E-state index contributed by atoms with van der Waals surface area (Å²) in [5.41, 5.74) is 5.91. The SMILES string of the molecule is CC1CCC(C(N)=O)CN1C(=O)C1CCCN(C(=O)c2ccc(Cl)c(Cl)c2)C1. The number of carbonyl (C=O) groups excluding carboxylic acids is 3. The van der Waals surface area contributed by atoms with E-state index in [1.807, 2.05) is 6.92 Å². The third-order valence-electron chi connectivity index (χ3n) is 5.79. The van der Waals surface area contributed by atoms with Crippen molar-refractivity contribution >= 4 is 40.9 Å². The van der Waals surface area contributed by atoms with Crippen molar-refractivity contribution in [2.75, 3.05) is 19.6 Å². The molecule has 3 atom stereocenters. The van der Waals surface area contributed by atoms with Gasteiger partial charge in [0.15, 0.2) is 0 Å². The Morgan fingerprint density at radius 3 is 2.46 bits per heavy atom. The number of amides is 3. The Labute approximate surface area is 174 Å². The first-order valence-corrected chi connectivity index (χ1v) is 10.4. The van der Waals surface area contributed by atoms with Gasteiger partial charge in [0.25, 0.3) is 5.91 Å². The van der Waals surface area contributed by atoms with Crippen molar-refractivity contribution in [3.63, 3.8) is 0 Å². The van der Waals surface area contributed by atoms with Crippen LogP contribution in [0.15, 0.2) is 18.2 Å². The van der Waals surface area contributed by atoms with Crippen molar-refractivity contribution in [1.82, 2.24) is 9.80 Å². The Kier molecular flexibility index (Phi) is 6.50. The molecule has 2 aliphatic heterocycles. The molecule has 3 unspecified atom stereocenters. The molecule has 0 radical (unpaired) electrons. The van der Waals surface area contributed by atoms with E-state index in [0.29, 0.717) is 41.7 Å². The average molecular weight is 426 g/mol. The minimum absolute atomic E-state index is 0.00471. The maximum Gasteiger partial charge on any atom is 0.253 e. The maximum atomic E-state index is 13.1. The molecule has 8 heteroatoms. The predicted octanol–water partition coefficient (Wildman–Crippen LogP) is 2.96. The molecular formula is C20H25Cl2N3O3. The number of piperidine rings is 2. The molecule has 0 aliphatic carbocycles. The smallest absolute Gasteiger partial charge is 0.253 e. The van der Waals surface area contributed by atoms with Crippen LogP contribution in [0.3, 0.4) is 0 Å². The van der Waals surface area contributed by atoms with Crippen LogP contribution in [0.1, 0.15) is 43.0 Å². The fourth-order valence-electron chi connectivity index (χ4n) is 4.06. The summed E-state index contributed by atoms with van der Waals surface area (Å²) in [4.78, 5) is 41.0. The number of likely N-dealkylation sites (tertiary alicyclic amines) is 2. The number of nitrogens with two attached hydrogens (primary N) is 1. The van der Waals surface area contributed by atoms with E-state index in [9.17, 15) is 14.4 Å². The van der Waals surface area contributed by atoms with Crippen molar-refractivity contribution in [3.8, 4) is 0 Å². The van der Waals surface area contributed by atoms with Crippen molar-refractivity contribution in [3.05, 3.63) is 33.8 Å². The van der Waals surface area contributed by atoms with Gasteiger partial charge in [-0.25, -0.2) is 0 Å². The zero-order valence-electron chi connectivity index (χ0n) is 15.9. The fraction of sp³-hybridized carbons (Fsp3) is 0.550. The maximum absolute atomic E-state index is 13.1. The summed E-state index contributed by atoms with van der Waals surface area (Å²) in [5, 5.41) is 0.727.